The van der Waals surface area contributed by atoms with E-state index in [0.29, 0.717) is 34.0 Å². The number of nitrogens with zero attached hydrogens (tertiary/aromatic N) is 2. The first-order chi connectivity index (χ1) is 17.2. The van der Waals surface area contributed by atoms with E-state index in [9.17, 15) is 9.59 Å². The van der Waals surface area contributed by atoms with E-state index < -0.39 is 5.41 Å². The molecule has 2 aliphatic heterocycles. The van der Waals surface area contributed by atoms with Crippen LogP contribution in [0, 0.1) is 5.92 Å². The van der Waals surface area contributed by atoms with Gasteiger partial charge in [-0.3, -0.25) is 9.59 Å². The average molecular weight is 551 g/mol. The Hall–Kier alpha value is -1.79. The monoisotopic (exact) mass is 549 g/mol. The van der Waals surface area contributed by atoms with Gasteiger partial charge in [-0.1, -0.05) is 59.1 Å². The molecule has 0 radical (unpaired) electrons. The van der Waals surface area contributed by atoms with Gasteiger partial charge >= 0.3 is 0 Å². The molecule has 0 aliphatic carbocycles. The minimum Gasteiger partial charge on any atom is -0.358 e. The third kappa shape index (κ3) is 5.70. The lowest BCUT2D eigenvalue weighted by Gasteiger charge is -2.42. The number of rotatable bonds is 8. The molecule has 2 heterocycles. The van der Waals surface area contributed by atoms with Crippen LogP contribution in [0.4, 0.5) is 0 Å². The largest absolute Gasteiger partial charge is 0.358 e. The van der Waals surface area contributed by atoms with E-state index in [1.54, 1.807) is 13.1 Å². The second-order valence-corrected chi connectivity index (χ2v) is 11.3. The molecule has 0 bridgehead atoms. The summed E-state index contributed by atoms with van der Waals surface area (Å²) in [4.78, 5) is 30.3. The molecule has 2 saturated heterocycles. The lowest BCUT2D eigenvalue weighted by Crippen LogP contribution is -2.53. The summed E-state index contributed by atoms with van der Waals surface area (Å²) in [6.07, 6.45) is 4.18. The molecule has 2 aliphatic rings. The van der Waals surface area contributed by atoms with Gasteiger partial charge in [0.2, 0.25) is 11.8 Å². The highest BCUT2D eigenvalue weighted by atomic mass is 35.5. The predicted octanol–water partition coefficient (Wildman–Crippen LogP) is 5.60. The molecule has 0 saturated carbocycles. The molecule has 2 amide bonds. The van der Waals surface area contributed by atoms with Gasteiger partial charge in [0.1, 0.15) is 0 Å². The molecule has 194 valence electrons. The van der Waals surface area contributed by atoms with Gasteiger partial charge in [0.05, 0.1) is 15.5 Å². The number of likely N-dealkylation sites (N-methyl/N-ethyl adjacent to an activating group) is 1. The minimum absolute atomic E-state index is 0.0736. The molecule has 2 fully saturated rings. The van der Waals surface area contributed by atoms with Crippen LogP contribution in [-0.2, 0) is 21.4 Å². The van der Waals surface area contributed by atoms with Crippen molar-refractivity contribution in [3.63, 3.8) is 0 Å². The Bertz CT molecular complexity index is 1100. The normalized spacial score (nSPS) is 19.8. The molecule has 1 N–H and O–H groups in total. The van der Waals surface area contributed by atoms with Gasteiger partial charge in [0.15, 0.2) is 0 Å². The van der Waals surface area contributed by atoms with Crippen molar-refractivity contribution in [3.8, 4) is 0 Å². The molecule has 2 aromatic rings. The Balaban J connectivity index is 1.63. The Morgan fingerprint density at radius 2 is 1.78 bits per heavy atom. The number of carbonyl (C=O) groups is 2. The maximum Gasteiger partial charge on any atom is 0.230 e. The summed E-state index contributed by atoms with van der Waals surface area (Å²) < 4.78 is 0. The van der Waals surface area contributed by atoms with Crippen LogP contribution in [0.5, 0.6) is 0 Å². The van der Waals surface area contributed by atoms with Crippen molar-refractivity contribution in [3.05, 3.63) is 68.7 Å². The molecular weight excluding hydrogens is 517 g/mol. The van der Waals surface area contributed by atoms with E-state index in [4.69, 9.17) is 34.8 Å². The third-order valence-corrected chi connectivity index (χ3v) is 9.15. The summed E-state index contributed by atoms with van der Waals surface area (Å²) in [6.45, 7) is 5.36. The van der Waals surface area contributed by atoms with Crippen LogP contribution >= 0.6 is 34.8 Å². The van der Waals surface area contributed by atoms with Gasteiger partial charge in [-0.05, 0) is 67.9 Å². The Labute approximate surface area is 229 Å². The first kappa shape index (κ1) is 27.3. The molecule has 0 aromatic heterocycles. The summed E-state index contributed by atoms with van der Waals surface area (Å²) >= 11 is 19.2. The van der Waals surface area contributed by atoms with Crippen LogP contribution in [0.1, 0.15) is 43.7 Å². The molecule has 8 heteroatoms. The van der Waals surface area contributed by atoms with E-state index >= 15 is 0 Å². The molecule has 36 heavy (non-hydrogen) atoms. The second-order valence-electron chi connectivity index (χ2n) is 10.1. The van der Waals surface area contributed by atoms with E-state index in [0.717, 1.165) is 56.6 Å². The quantitative estimate of drug-likeness (QED) is 0.466. The van der Waals surface area contributed by atoms with Gasteiger partial charge in [0, 0.05) is 50.7 Å². The van der Waals surface area contributed by atoms with Crippen LogP contribution in [0.3, 0.4) is 0 Å². The molecular formula is C28H34Cl3N3O2. The van der Waals surface area contributed by atoms with Gasteiger partial charge in [-0.25, -0.2) is 0 Å². The van der Waals surface area contributed by atoms with Gasteiger partial charge in [-0.15, -0.1) is 0 Å². The third-order valence-electron chi connectivity index (χ3n) is 8.05. The number of nitrogens with one attached hydrogen (secondary N) is 1. The number of carbonyl (C=O) groups excluding carboxylic acids is 2. The van der Waals surface area contributed by atoms with E-state index in [1.807, 2.05) is 43.3 Å². The number of amides is 2. The zero-order valence-corrected chi connectivity index (χ0v) is 23.2. The zero-order valence-electron chi connectivity index (χ0n) is 20.9. The fourth-order valence-electron chi connectivity index (χ4n) is 5.79. The highest BCUT2D eigenvalue weighted by Crippen LogP contribution is 2.39. The minimum atomic E-state index is -0.871. The second kappa shape index (κ2) is 11.7. The summed E-state index contributed by atoms with van der Waals surface area (Å²) in [5.41, 5.74) is 0.965. The van der Waals surface area contributed by atoms with E-state index in [1.165, 1.54) is 0 Å². The number of likely N-dealkylation sites (tertiary alicyclic amines) is 2. The average Bonchev–Trinajstić information content (AvgIpc) is 3.31. The number of benzene rings is 2. The highest BCUT2D eigenvalue weighted by Gasteiger charge is 2.44. The van der Waals surface area contributed by atoms with Crippen molar-refractivity contribution in [2.45, 2.75) is 50.5 Å². The number of halogens is 3. The van der Waals surface area contributed by atoms with E-state index in [-0.39, 0.29) is 17.7 Å². The van der Waals surface area contributed by atoms with Crippen LogP contribution < -0.4 is 5.32 Å². The fourth-order valence-corrected chi connectivity index (χ4v) is 6.30. The Morgan fingerprint density at radius 3 is 2.39 bits per heavy atom. The number of piperidine rings is 1. The van der Waals surface area contributed by atoms with Crippen LogP contribution in [0.25, 0.3) is 0 Å². The standard InChI is InChI=1S/C28H34Cl3N3O2/c1-28(27(36)32-2,20-9-10-24(30)25(31)17-20)21(16-19-6-3-4-7-23(19)29)18-33-14-11-22(12-15-33)34-13-5-8-26(34)35/h3-4,6-7,9-10,17,21-22H,5,8,11-16,18H2,1-2H3,(H,32,36). The lowest BCUT2D eigenvalue weighted by molar-refractivity contribution is -0.131. The van der Waals surface area contributed by atoms with Crippen molar-refractivity contribution < 1.29 is 9.59 Å². The fraction of sp³-hybridized carbons (Fsp3) is 0.500. The number of hydrogen-bond acceptors (Lipinski definition) is 3. The summed E-state index contributed by atoms with van der Waals surface area (Å²) in [5.74, 6) is 0.131. The highest BCUT2D eigenvalue weighted by molar-refractivity contribution is 6.42. The first-order valence-corrected chi connectivity index (χ1v) is 13.8. The Kier molecular flexibility index (Phi) is 8.87. The number of hydrogen-bond donors (Lipinski definition) is 1. The Morgan fingerprint density at radius 1 is 1.06 bits per heavy atom. The molecule has 0 spiro atoms. The molecule has 2 aromatic carbocycles. The maximum atomic E-state index is 13.6. The topological polar surface area (TPSA) is 52.7 Å². The maximum absolute atomic E-state index is 13.6. The molecule has 2 unspecified atom stereocenters. The summed E-state index contributed by atoms with van der Waals surface area (Å²) in [7, 11) is 1.67. The molecule has 5 nitrogen and oxygen atoms in total. The van der Waals surface area contributed by atoms with Gasteiger partial charge in [-0.2, -0.15) is 0 Å². The SMILES string of the molecule is CNC(=O)C(C)(c1ccc(Cl)c(Cl)c1)C(Cc1ccccc1Cl)CN1CCC(N2CCCC2=O)CC1. The van der Waals surface area contributed by atoms with Crippen LogP contribution in [0.15, 0.2) is 42.5 Å². The summed E-state index contributed by atoms with van der Waals surface area (Å²) in [5, 5.41) is 4.48. The zero-order chi connectivity index (χ0) is 25.9. The van der Waals surface area contributed by atoms with Crippen molar-refractivity contribution in [2.24, 2.45) is 5.92 Å². The van der Waals surface area contributed by atoms with Crippen molar-refractivity contribution >= 4 is 46.6 Å². The van der Waals surface area contributed by atoms with Crippen molar-refractivity contribution in [1.82, 2.24) is 15.1 Å². The first-order valence-electron chi connectivity index (χ1n) is 12.7. The summed E-state index contributed by atoms with van der Waals surface area (Å²) in [6, 6.07) is 13.6. The van der Waals surface area contributed by atoms with Crippen molar-refractivity contribution in [2.75, 3.05) is 33.2 Å². The van der Waals surface area contributed by atoms with Gasteiger partial charge < -0.3 is 15.1 Å². The van der Waals surface area contributed by atoms with Crippen LogP contribution in [-0.4, -0.2) is 60.9 Å². The lowest BCUT2D eigenvalue weighted by atomic mass is 9.68. The van der Waals surface area contributed by atoms with Crippen molar-refractivity contribution in [1.29, 1.82) is 0 Å². The predicted molar refractivity (Wildman–Crippen MR) is 147 cm³/mol. The molecule has 4 rings (SSSR count). The van der Waals surface area contributed by atoms with Crippen LogP contribution in [0.2, 0.25) is 15.1 Å². The van der Waals surface area contributed by atoms with Gasteiger partial charge in [0.25, 0.3) is 0 Å². The van der Waals surface area contributed by atoms with E-state index in [2.05, 4.69) is 15.1 Å². The molecule has 2 atom stereocenters. The smallest absolute Gasteiger partial charge is 0.230 e.